The Balaban J connectivity index is 2.13. The molecule has 0 saturated heterocycles. The van der Waals surface area contributed by atoms with Gasteiger partial charge in [0.05, 0.1) is 7.11 Å². The third-order valence-electron chi connectivity index (χ3n) is 3.07. The topological polar surface area (TPSA) is 57.5 Å². The molecule has 0 bridgehead atoms. The molecule has 21 heavy (non-hydrogen) atoms. The highest BCUT2D eigenvalue weighted by molar-refractivity contribution is 5.74. The van der Waals surface area contributed by atoms with Crippen molar-refractivity contribution in [3.63, 3.8) is 0 Å². The molecule has 2 rings (SSSR count). The minimum Gasteiger partial charge on any atom is -0.467 e. The van der Waals surface area contributed by atoms with Gasteiger partial charge in [0.15, 0.2) is 0 Å². The first-order valence-electron chi connectivity index (χ1n) is 6.58. The van der Waals surface area contributed by atoms with Crippen LogP contribution in [0.1, 0.15) is 18.5 Å². The lowest BCUT2D eigenvalue weighted by molar-refractivity contribution is -0.144. The van der Waals surface area contributed by atoms with Crippen LogP contribution in [0.15, 0.2) is 48.8 Å². The van der Waals surface area contributed by atoms with Crippen LogP contribution in [0.5, 0.6) is 5.75 Å². The SMILES string of the molecule is COC(=O)C(Cc1ccc(OC(C)=O)cc1)n1cccc1. The molecule has 0 fully saturated rings. The average molecular weight is 287 g/mol. The van der Waals surface area contributed by atoms with Crippen molar-refractivity contribution in [2.75, 3.05) is 7.11 Å². The van der Waals surface area contributed by atoms with Crippen LogP contribution in [0.25, 0.3) is 0 Å². The van der Waals surface area contributed by atoms with E-state index in [1.54, 1.807) is 12.1 Å². The number of esters is 2. The Morgan fingerprint density at radius 1 is 1.14 bits per heavy atom. The maximum Gasteiger partial charge on any atom is 0.329 e. The van der Waals surface area contributed by atoms with Crippen LogP contribution in [0.2, 0.25) is 0 Å². The molecule has 0 N–H and O–H groups in total. The predicted octanol–water partition coefficient (Wildman–Crippen LogP) is 2.37. The maximum atomic E-state index is 11.9. The predicted molar refractivity (Wildman–Crippen MR) is 76.9 cm³/mol. The standard InChI is InChI=1S/C16H17NO4/c1-12(18)21-14-7-5-13(6-8-14)11-15(16(19)20-2)17-9-3-4-10-17/h3-10,15H,11H2,1-2H3. The Kier molecular flexibility index (Phi) is 4.77. The van der Waals surface area contributed by atoms with Crippen LogP contribution in [-0.4, -0.2) is 23.6 Å². The molecule has 1 heterocycles. The van der Waals surface area contributed by atoms with Gasteiger partial charge in [-0.1, -0.05) is 12.1 Å². The molecule has 110 valence electrons. The highest BCUT2D eigenvalue weighted by atomic mass is 16.5. The van der Waals surface area contributed by atoms with Crippen molar-refractivity contribution in [2.45, 2.75) is 19.4 Å². The molecule has 0 spiro atoms. The number of carbonyl (C=O) groups excluding carboxylic acids is 2. The zero-order valence-electron chi connectivity index (χ0n) is 12.0. The summed E-state index contributed by atoms with van der Waals surface area (Å²) in [6.45, 7) is 1.35. The lowest BCUT2D eigenvalue weighted by Gasteiger charge is -2.16. The van der Waals surface area contributed by atoms with Crippen molar-refractivity contribution in [3.8, 4) is 5.75 Å². The smallest absolute Gasteiger partial charge is 0.329 e. The van der Waals surface area contributed by atoms with E-state index >= 15 is 0 Å². The Labute approximate surface area is 123 Å². The van der Waals surface area contributed by atoms with E-state index in [4.69, 9.17) is 9.47 Å². The molecule has 0 radical (unpaired) electrons. The molecule has 1 aromatic heterocycles. The number of hydrogen-bond donors (Lipinski definition) is 0. The largest absolute Gasteiger partial charge is 0.467 e. The Morgan fingerprint density at radius 3 is 2.29 bits per heavy atom. The van der Waals surface area contributed by atoms with E-state index in [-0.39, 0.29) is 11.9 Å². The molecule has 0 aliphatic rings. The Bertz CT molecular complexity index is 602. The lowest BCUT2D eigenvalue weighted by atomic mass is 10.1. The number of methoxy groups -OCH3 is 1. The highest BCUT2D eigenvalue weighted by Gasteiger charge is 2.20. The van der Waals surface area contributed by atoms with Gasteiger partial charge >= 0.3 is 11.9 Å². The summed E-state index contributed by atoms with van der Waals surface area (Å²) >= 11 is 0. The molecule has 5 heteroatoms. The number of carbonyl (C=O) groups is 2. The Morgan fingerprint density at radius 2 is 1.76 bits per heavy atom. The van der Waals surface area contributed by atoms with E-state index in [1.807, 2.05) is 41.2 Å². The molecule has 1 aromatic carbocycles. The summed E-state index contributed by atoms with van der Waals surface area (Å²) in [5.74, 6) is -0.167. The molecule has 0 saturated carbocycles. The summed E-state index contributed by atoms with van der Waals surface area (Å²) in [5, 5.41) is 0. The fraction of sp³-hybridized carbons (Fsp3) is 0.250. The van der Waals surface area contributed by atoms with Crippen molar-refractivity contribution in [1.82, 2.24) is 4.57 Å². The van der Waals surface area contributed by atoms with Gasteiger partial charge in [0.25, 0.3) is 0 Å². The van der Waals surface area contributed by atoms with Crippen molar-refractivity contribution in [1.29, 1.82) is 0 Å². The second-order valence-electron chi connectivity index (χ2n) is 4.61. The average Bonchev–Trinajstić information content (AvgIpc) is 2.99. The lowest BCUT2D eigenvalue weighted by Crippen LogP contribution is -2.22. The molecule has 1 atom stereocenters. The van der Waals surface area contributed by atoms with E-state index in [9.17, 15) is 9.59 Å². The summed E-state index contributed by atoms with van der Waals surface area (Å²) in [6, 6.07) is 10.4. The molecule has 2 aromatic rings. The van der Waals surface area contributed by atoms with Crippen molar-refractivity contribution in [2.24, 2.45) is 0 Å². The zero-order valence-corrected chi connectivity index (χ0v) is 12.0. The number of nitrogens with zero attached hydrogens (tertiary/aromatic N) is 1. The van der Waals surface area contributed by atoms with E-state index in [2.05, 4.69) is 0 Å². The summed E-state index contributed by atoms with van der Waals surface area (Å²) in [6.07, 6.45) is 4.16. The van der Waals surface area contributed by atoms with Crippen LogP contribution in [0, 0.1) is 0 Å². The number of hydrogen-bond acceptors (Lipinski definition) is 4. The number of rotatable bonds is 5. The van der Waals surface area contributed by atoms with Gasteiger partial charge in [0.1, 0.15) is 11.8 Å². The van der Waals surface area contributed by atoms with Crippen LogP contribution >= 0.6 is 0 Å². The minimum absolute atomic E-state index is 0.296. The molecule has 0 aliphatic heterocycles. The monoisotopic (exact) mass is 287 g/mol. The van der Waals surface area contributed by atoms with E-state index in [1.165, 1.54) is 14.0 Å². The van der Waals surface area contributed by atoms with Gasteiger partial charge in [-0.15, -0.1) is 0 Å². The van der Waals surface area contributed by atoms with E-state index in [0.717, 1.165) is 5.56 Å². The zero-order chi connectivity index (χ0) is 15.2. The fourth-order valence-electron chi connectivity index (χ4n) is 2.08. The summed E-state index contributed by atoms with van der Waals surface area (Å²) < 4.78 is 11.6. The third kappa shape index (κ3) is 3.95. The first-order chi connectivity index (χ1) is 10.1. The molecular weight excluding hydrogens is 270 g/mol. The van der Waals surface area contributed by atoms with E-state index < -0.39 is 6.04 Å². The van der Waals surface area contributed by atoms with Crippen LogP contribution in [0.3, 0.4) is 0 Å². The number of ether oxygens (including phenoxy) is 2. The summed E-state index contributed by atoms with van der Waals surface area (Å²) in [4.78, 5) is 22.8. The number of aromatic nitrogens is 1. The van der Waals surface area contributed by atoms with Gasteiger partial charge in [0, 0.05) is 25.7 Å². The van der Waals surface area contributed by atoms with Gasteiger partial charge < -0.3 is 14.0 Å². The van der Waals surface area contributed by atoms with Crippen LogP contribution in [-0.2, 0) is 20.7 Å². The van der Waals surface area contributed by atoms with Gasteiger partial charge in [-0.2, -0.15) is 0 Å². The van der Waals surface area contributed by atoms with Gasteiger partial charge in [0.2, 0.25) is 0 Å². The highest BCUT2D eigenvalue weighted by Crippen LogP contribution is 2.19. The minimum atomic E-state index is -0.412. The van der Waals surface area contributed by atoms with Crippen molar-refractivity contribution >= 4 is 11.9 Å². The summed E-state index contributed by atoms with van der Waals surface area (Å²) in [7, 11) is 1.38. The molecule has 1 unspecified atom stereocenters. The molecular formula is C16H17NO4. The number of benzene rings is 1. The third-order valence-corrected chi connectivity index (χ3v) is 3.07. The van der Waals surface area contributed by atoms with Crippen molar-refractivity contribution < 1.29 is 19.1 Å². The first-order valence-corrected chi connectivity index (χ1v) is 6.58. The first kappa shape index (κ1) is 14.8. The van der Waals surface area contributed by atoms with Crippen molar-refractivity contribution in [3.05, 3.63) is 54.4 Å². The quantitative estimate of drug-likeness (QED) is 0.626. The van der Waals surface area contributed by atoms with Gasteiger partial charge in [-0.25, -0.2) is 4.79 Å². The van der Waals surface area contributed by atoms with Gasteiger partial charge in [-0.3, -0.25) is 4.79 Å². The summed E-state index contributed by atoms with van der Waals surface area (Å²) in [5.41, 5.74) is 0.954. The van der Waals surface area contributed by atoms with Crippen LogP contribution in [0.4, 0.5) is 0 Å². The maximum absolute atomic E-state index is 11.9. The molecule has 5 nitrogen and oxygen atoms in total. The fourth-order valence-corrected chi connectivity index (χ4v) is 2.08. The Hall–Kier alpha value is -2.56. The molecule has 0 aliphatic carbocycles. The van der Waals surface area contributed by atoms with E-state index in [0.29, 0.717) is 12.2 Å². The van der Waals surface area contributed by atoms with Crippen LogP contribution < -0.4 is 4.74 Å². The second-order valence-corrected chi connectivity index (χ2v) is 4.61. The second kappa shape index (κ2) is 6.74. The molecule has 0 amide bonds. The van der Waals surface area contributed by atoms with Gasteiger partial charge in [-0.05, 0) is 29.8 Å². The normalized spacial score (nSPS) is 11.7.